The molecule has 5 nitrogen and oxygen atoms in total. The van der Waals surface area contributed by atoms with Crippen LogP contribution in [-0.4, -0.2) is 31.2 Å². The summed E-state index contributed by atoms with van der Waals surface area (Å²) in [4.78, 5) is 22.6. The van der Waals surface area contributed by atoms with Crippen LogP contribution in [0.15, 0.2) is 25.3 Å². The smallest absolute Gasteiger partial charge is 0.330 e. The van der Waals surface area contributed by atoms with Gasteiger partial charge in [0.2, 0.25) is 0 Å². The second kappa shape index (κ2) is 6.60. The van der Waals surface area contributed by atoms with Crippen molar-refractivity contribution in [3.63, 3.8) is 0 Å². The van der Waals surface area contributed by atoms with Crippen LogP contribution >= 0.6 is 0 Å². The molecule has 0 aromatic rings. The average molecular weight is 347 g/mol. The Bertz CT molecular complexity index is 588. The van der Waals surface area contributed by atoms with E-state index in [1.807, 2.05) is 0 Å². The Balaban J connectivity index is 1.59. The molecule has 2 N–H and O–H groups in total. The van der Waals surface area contributed by atoms with Crippen LogP contribution in [0.4, 0.5) is 0 Å². The van der Waals surface area contributed by atoms with Gasteiger partial charge in [-0.15, -0.1) is 0 Å². The third kappa shape index (κ3) is 3.26. The van der Waals surface area contributed by atoms with Crippen LogP contribution in [-0.2, 0) is 19.1 Å². The van der Waals surface area contributed by atoms with Crippen LogP contribution in [0.5, 0.6) is 0 Å². The lowest BCUT2D eigenvalue weighted by atomic mass is 9.65. The number of hydrogen-bond donors (Lipinski definition) is 1. The van der Waals surface area contributed by atoms with Crippen LogP contribution < -0.4 is 5.73 Å². The summed E-state index contributed by atoms with van der Waals surface area (Å²) >= 11 is 0. The van der Waals surface area contributed by atoms with E-state index in [4.69, 9.17) is 15.2 Å². The summed E-state index contributed by atoms with van der Waals surface area (Å²) < 4.78 is 10.5. The minimum atomic E-state index is -0.366. The fourth-order valence-corrected chi connectivity index (χ4v) is 5.47. The van der Waals surface area contributed by atoms with E-state index < -0.39 is 0 Å². The van der Waals surface area contributed by atoms with Crippen molar-refractivity contribution in [1.82, 2.24) is 0 Å². The van der Waals surface area contributed by atoms with Crippen LogP contribution in [0.25, 0.3) is 0 Å². The van der Waals surface area contributed by atoms with Crippen LogP contribution in [0.1, 0.15) is 39.0 Å². The van der Waals surface area contributed by atoms with Gasteiger partial charge in [0.25, 0.3) is 0 Å². The van der Waals surface area contributed by atoms with Crippen LogP contribution in [0.2, 0.25) is 0 Å². The Hall–Kier alpha value is -1.62. The highest BCUT2D eigenvalue weighted by Crippen LogP contribution is 2.72. The van der Waals surface area contributed by atoms with Crippen molar-refractivity contribution in [2.75, 3.05) is 13.2 Å². The molecule has 0 amide bonds. The normalized spacial score (nSPS) is 41.2. The van der Waals surface area contributed by atoms with E-state index in [0.717, 1.165) is 32.1 Å². The molecule has 0 heterocycles. The highest BCUT2D eigenvalue weighted by Gasteiger charge is 2.70. The maximum Gasteiger partial charge on any atom is 0.330 e. The van der Waals surface area contributed by atoms with Gasteiger partial charge >= 0.3 is 11.9 Å². The first-order valence-corrected chi connectivity index (χ1v) is 9.19. The standard InChI is InChI=1S/C20H29NO4/c1-4-16(22)24-9-8-20-11-15(20)14-10-19(3,12-25-17(23)5-2)7-6-13(14)18(20)21/h4-5,13-15,18H,1-2,6-12,21H2,3H3. The molecule has 3 aliphatic carbocycles. The van der Waals surface area contributed by atoms with Crippen LogP contribution in [0.3, 0.4) is 0 Å². The SMILES string of the molecule is C=CC(=O)OCCC12CC1C1CC(C)(COC(=O)C=C)CCC1C2N. The minimum absolute atomic E-state index is 0.0214. The Morgan fingerprint density at radius 1 is 1.16 bits per heavy atom. The lowest BCUT2D eigenvalue weighted by Crippen LogP contribution is -2.42. The van der Waals surface area contributed by atoms with E-state index in [1.165, 1.54) is 12.2 Å². The van der Waals surface area contributed by atoms with Gasteiger partial charge in [0.1, 0.15) is 0 Å². The largest absolute Gasteiger partial charge is 0.463 e. The summed E-state index contributed by atoms with van der Waals surface area (Å²) in [6, 6.07) is 0.185. The summed E-state index contributed by atoms with van der Waals surface area (Å²) in [5.74, 6) is 1.03. The van der Waals surface area contributed by atoms with Gasteiger partial charge in [-0.1, -0.05) is 20.1 Å². The molecule has 6 unspecified atom stereocenters. The van der Waals surface area contributed by atoms with Gasteiger partial charge in [0.15, 0.2) is 0 Å². The number of carbonyl (C=O) groups is 2. The van der Waals surface area contributed by atoms with Gasteiger partial charge in [0.05, 0.1) is 13.2 Å². The number of carbonyl (C=O) groups excluding carboxylic acids is 2. The Morgan fingerprint density at radius 2 is 1.84 bits per heavy atom. The van der Waals surface area contributed by atoms with E-state index in [1.54, 1.807) is 0 Å². The number of ether oxygens (including phenoxy) is 2. The Labute approximate surface area is 149 Å². The van der Waals surface area contributed by atoms with Gasteiger partial charge < -0.3 is 15.2 Å². The predicted octanol–water partition coefficient (Wildman–Crippen LogP) is 2.60. The minimum Gasteiger partial charge on any atom is -0.463 e. The summed E-state index contributed by atoms with van der Waals surface area (Å²) in [5.41, 5.74) is 6.79. The molecule has 3 saturated carbocycles. The van der Waals surface area contributed by atoms with Crippen LogP contribution in [0, 0.1) is 28.6 Å². The highest BCUT2D eigenvalue weighted by molar-refractivity contribution is 5.81. The van der Waals surface area contributed by atoms with Gasteiger partial charge in [0, 0.05) is 23.6 Å². The second-order valence-electron chi connectivity index (χ2n) is 8.38. The molecular formula is C20H29NO4. The number of esters is 2. The van der Waals surface area contributed by atoms with E-state index in [-0.39, 0.29) is 28.8 Å². The van der Waals surface area contributed by atoms with E-state index >= 15 is 0 Å². The summed E-state index contributed by atoms with van der Waals surface area (Å²) in [6.07, 6.45) is 7.55. The van der Waals surface area contributed by atoms with Crippen molar-refractivity contribution in [1.29, 1.82) is 0 Å². The Kier molecular flexibility index (Phi) is 4.80. The van der Waals surface area contributed by atoms with Crippen molar-refractivity contribution in [2.24, 2.45) is 34.3 Å². The highest BCUT2D eigenvalue weighted by atomic mass is 16.5. The molecule has 0 spiro atoms. The average Bonchev–Trinajstić information content (AvgIpc) is 3.29. The molecule has 0 aliphatic heterocycles. The van der Waals surface area contributed by atoms with Gasteiger partial charge in [-0.25, -0.2) is 9.59 Å². The zero-order valence-corrected chi connectivity index (χ0v) is 15.0. The fraction of sp³-hybridized carbons (Fsp3) is 0.700. The monoisotopic (exact) mass is 347 g/mol. The van der Waals surface area contributed by atoms with E-state index in [2.05, 4.69) is 20.1 Å². The molecular weight excluding hydrogens is 318 g/mol. The van der Waals surface area contributed by atoms with Crippen molar-refractivity contribution in [3.8, 4) is 0 Å². The Morgan fingerprint density at radius 3 is 2.52 bits per heavy atom. The van der Waals surface area contributed by atoms with E-state index in [9.17, 15) is 9.59 Å². The molecule has 3 rings (SSSR count). The number of nitrogens with two attached hydrogens (primary N) is 1. The van der Waals surface area contributed by atoms with Crippen molar-refractivity contribution < 1.29 is 19.1 Å². The zero-order valence-electron chi connectivity index (χ0n) is 15.0. The molecule has 0 bridgehead atoms. The van der Waals surface area contributed by atoms with Crippen molar-refractivity contribution in [2.45, 2.75) is 45.1 Å². The topological polar surface area (TPSA) is 78.6 Å². The van der Waals surface area contributed by atoms with E-state index in [0.29, 0.717) is 31.0 Å². The molecule has 6 atom stereocenters. The summed E-state index contributed by atoms with van der Waals surface area (Å²) in [7, 11) is 0. The van der Waals surface area contributed by atoms with Crippen molar-refractivity contribution >= 4 is 11.9 Å². The number of rotatable bonds is 7. The third-order valence-electron chi connectivity index (χ3n) is 6.89. The molecule has 25 heavy (non-hydrogen) atoms. The molecule has 0 saturated heterocycles. The number of hydrogen-bond acceptors (Lipinski definition) is 5. The summed E-state index contributed by atoms with van der Waals surface area (Å²) in [5, 5.41) is 0. The lowest BCUT2D eigenvalue weighted by molar-refractivity contribution is -0.142. The molecule has 0 radical (unpaired) electrons. The predicted molar refractivity (Wildman–Crippen MR) is 94.4 cm³/mol. The number of fused-ring (bicyclic) bond motifs is 3. The van der Waals surface area contributed by atoms with Gasteiger partial charge in [-0.05, 0) is 55.3 Å². The van der Waals surface area contributed by atoms with Gasteiger partial charge in [-0.3, -0.25) is 0 Å². The molecule has 0 aromatic heterocycles. The zero-order chi connectivity index (χ0) is 18.2. The molecule has 3 aliphatic rings. The first kappa shape index (κ1) is 18.2. The quantitative estimate of drug-likeness (QED) is 0.566. The van der Waals surface area contributed by atoms with Gasteiger partial charge in [-0.2, -0.15) is 0 Å². The fourth-order valence-electron chi connectivity index (χ4n) is 5.47. The maximum atomic E-state index is 11.4. The second-order valence-corrected chi connectivity index (χ2v) is 8.38. The molecule has 3 fully saturated rings. The summed E-state index contributed by atoms with van der Waals surface area (Å²) in [6.45, 7) is 9.95. The first-order chi connectivity index (χ1) is 11.8. The molecule has 5 heteroatoms. The molecule has 138 valence electrons. The van der Waals surface area contributed by atoms with Crippen molar-refractivity contribution in [3.05, 3.63) is 25.3 Å². The molecule has 0 aromatic carbocycles. The lowest BCUT2D eigenvalue weighted by Gasteiger charge is -2.42. The maximum absolute atomic E-state index is 11.4. The first-order valence-electron chi connectivity index (χ1n) is 9.19. The third-order valence-corrected chi connectivity index (χ3v) is 6.89.